The van der Waals surface area contributed by atoms with Crippen molar-refractivity contribution in [1.82, 2.24) is 15.5 Å². The highest BCUT2D eigenvalue weighted by Gasteiger charge is 2.22. The SMILES string of the molecule is O=C1NCCN1CCNCC1Cc2ccccc2O1. The number of carbonyl (C=O) groups excluding carboxylic acids is 1. The first-order valence-electron chi connectivity index (χ1n) is 6.81. The summed E-state index contributed by atoms with van der Waals surface area (Å²) in [6, 6.07) is 8.23. The normalized spacial score (nSPS) is 21.2. The molecular formula is C14H19N3O2. The van der Waals surface area contributed by atoms with Gasteiger partial charge in [0.05, 0.1) is 0 Å². The van der Waals surface area contributed by atoms with Crippen molar-refractivity contribution in [2.75, 3.05) is 32.7 Å². The number of para-hydroxylation sites is 1. The van der Waals surface area contributed by atoms with Crippen LogP contribution < -0.4 is 15.4 Å². The fourth-order valence-corrected chi connectivity index (χ4v) is 2.57. The Morgan fingerprint density at radius 3 is 3.11 bits per heavy atom. The van der Waals surface area contributed by atoms with Crippen LogP contribution in [0, 0.1) is 0 Å². The second kappa shape index (κ2) is 5.48. The lowest BCUT2D eigenvalue weighted by Crippen LogP contribution is -2.38. The molecule has 0 saturated carbocycles. The van der Waals surface area contributed by atoms with Gasteiger partial charge in [0, 0.05) is 39.1 Å². The van der Waals surface area contributed by atoms with Crippen LogP contribution in [0.15, 0.2) is 24.3 Å². The van der Waals surface area contributed by atoms with Crippen LogP contribution in [0.1, 0.15) is 5.56 Å². The Balaban J connectivity index is 1.37. The number of fused-ring (bicyclic) bond motifs is 1. The van der Waals surface area contributed by atoms with Crippen LogP contribution in [0.5, 0.6) is 5.75 Å². The van der Waals surface area contributed by atoms with E-state index in [9.17, 15) is 4.79 Å². The number of hydrogen-bond donors (Lipinski definition) is 2. The number of hydrogen-bond acceptors (Lipinski definition) is 3. The third-order valence-corrected chi connectivity index (χ3v) is 3.59. The molecule has 1 aromatic rings. The number of nitrogens with zero attached hydrogens (tertiary/aromatic N) is 1. The van der Waals surface area contributed by atoms with Crippen molar-refractivity contribution in [2.24, 2.45) is 0 Å². The standard InChI is InChI=1S/C14H19N3O2/c18-14-16-6-8-17(14)7-5-15-10-12-9-11-3-1-2-4-13(11)19-12/h1-4,12,15H,5-10H2,(H,16,18). The molecule has 2 heterocycles. The zero-order valence-corrected chi connectivity index (χ0v) is 10.9. The van der Waals surface area contributed by atoms with Crippen molar-refractivity contribution in [2.45, 2.75) is 12.5 Å². The zero-order chi connectivity index (χ0) is 13.1. The number of carbonyl (C=O) groups is 1. The topological polar surface area (TPSA) is 53.6 Å². The second-order valence-corrected chi connectivity index (χ2v) is 4.97. The van der Waals surface area contributed by atoms with Crippen LogP contribution in [-0.2, 0) is 6.42 Å². The quantitative estimate of drug-likeness (QED) is 0.763. The fourth-order valence-electron chi connectivity index (χ4n) is 2.57. The molecule has 1 aromatic carbocycles. The molecule has 0 spiro atoms. The van der Waals surface area contributed by atoms with Crippen LogP contribution in [0.2, 0.25) is 0 Å². The molecule has 102 valence electrons. The Morgan fingerprint density at radius 2 is 2.32 bits per heavy atom. The van der Waals surface area contributed by atoms with Gasteiger partial charge in [-0.15, -0.1) is 0 Å². The Labute approximate surface area is 112 Å². The minimum Gasteiger partial charge on any atom is -0.488 e. The molecule has 5 heteroatoms. The smallest absolute Gasteiger partial charge is 0.317 e. The molecule has 1 unspecified atom stereocenters. The highest BCUT2D eigenvalue weighted by atomic mass is 16.5. The van der Waals surface area contributed by atoms with Crippen LogP contribution in [0.4, 0.5) is 4.79 Å². The summed E-state index contributed by atoms with van der Waals surface area (Å²) in [5, 5.41) is 6.16. The molecule has 3 rings (SSSR count). The van der Waals surface area contributed by atoms with E-state index in [1.54, 1.807) is 0 Å². The lowest BCUT2D eigenvalue weighted by atomic mass is 10.1. The minimum atomic E-state index is 0.0475. The van der Waals surface area contributed by atoms with Crippen molar-refractivity contribution in [1.29, 1.82) is 0 Å². The van der Waals surface area contributed by atoms with E-state index in [2.05, 4.69) is 16.7 Å². The Kier molecular flexibility index (Phi) is 3.55. The first kappa shape index (κ1) is 12.3. The van der Waals surface area contributed by atoms with Crippen molar-refractivity contribution >= 4 is 6.03 Å². The monoisotopic (exact) mass is 261 g/mol. The summed E-state index contributed by atoms with van der Waals surface area (Å²) >= 11 is 0. The summed E-state index contributed by atoms with van der Waals surface area (Å²) in [5.74, 6) is 1.01. The molecule has 0 radical (unpaired) electrons. The van der Waals surface area contributed by atoms with E-state index in [0.29, 0.717) is 0 Å². The highest BCUT2D eigenvalue weighted by molar-refractivity contribution is 5.76. The molecule has 1 atom stereocenters. The maximum Gasteiger partial charge on any atom is 0.317 e. The van der Waals surface area contributed by atoms with Crippen LogP contribution in [-0.4, -0.2) is 49.8 Å². The lowest BCUT2D eigenvalue weighted by molar-refractivity contribution is 0.212. The highest BCUT2D eigenvalue weighted by Crippen LogP contribution is 2.27. The number of nitrogens with one attached hydrogen (secondary N) is 2. The van der Waals surface area contributed by atoms with E-state index in [0.717, 1.165) is 44.9 Å². The average molecular weight is 261 g/mol. The molecule has 2 aliphatic rings. The Hall–Kier alpha value is -1.75. The van der Waals surface area contributed by atoms with Gasteiger partial charge in [-0.2, -0.15) is 0 Å². The number of ether oxygens (including phenoxy) is 1. The van der Waals surface area contributed by atoms with Crippen LogP contribution >= 0.6 is 0 Å². The summed E-state index contributed by atoms with van der Waals surface area (Å²) < 4.78 is 5.84. The van der Waals surface area contributed by atoms with E-state index < -0.39 is 0 Å². The van der Waals surface area contributed by atoms with E-state index in [1.807, 2.05) is 23.1 Å². The van der Waals surface area contributed by atoms with Gasteiger partial charge in [-0.1, -0.05) is 18.2 Å². The maximum absolute atomic E-state index is 11.3. The summed E-state index contributed by atoms with van der Waals surface area (Å²) in [6.07, 6.45) is 1.18. The van der Waals surface area contributed by atoms with Crippen LogP contribution in [0.25, 0.3) is 0 Å². The van der Waals surface area contributed by atoms with Gasteiger partial charge in [-0.3, -0.25) is 0 Å². The molecule has 0 aliphatic carbocycles. The van der Waals surface area contributed by atoms with Crippen molar-refractivity contribution in [3.8, 4) is 5.75 Å². The van der Waals surface area contributed by atoms with Crippen molar-refractivity contribution in [3.63, 3.8) is 0 Å². The van der Waals surface area contributed by atoms with Crippen LogP contribution in [0.3, 0.4) is 0 Å². The second-order valence-electron chi connectivity index (χ2n) is 4.97. The molecule has 1 saturated heterocycles. The molecule has 2 N–H and O–H groups in total. The Bertz CT molecular complexity index is 439. The molecule has 1 fully saturated rings. The fraction of sp³-hybridized carbons (Fsp3) is 0.500. The molecule has 5 nitrogen and oxygen atoms in total. The minimum absolute atomic E-state index is 0.0475. The largest absolute Gasteiger partial charge is 0.488 e. The van der Waals surface area contributed by atoms with Crippen molar-refractivity contribution < 1.29 is 9.53 Å². The summed E-state index contributed by atoms with van der Waals surface area (Å²) in [5.41, 5.74) is 1.29. The molecule has 0 bridgehead atoms. The third kappa shape index (κ3) is 2.81. The van der Waals surface area contributed by atoms with E-state index >= 15 is 0 Å². The van der Waals surface area contributed by atoms with Gasteiger partial charge in [-0.25, -0.2) is 4.79 Å². The maximum atomic E-state index is 11.3. The number of urea groups is 1. The number of amides is 2. The summed E-state index contributed by atoms with van der Waals surface area (Å²) in [6.45, 7) is 3.96. The van der Waals surface area contributed by atoms with Crippen molar-refractivity contribution in [3.05, 3.63) is 29.8 Å². The van der Waals surface area contributed by atoms with Gasteiger partial charge in [0.15, 0.2) is 0 Å². The molecule has 0 aromatic heterocycles. The van der Waals surface area contributed by atoms with Gasteiger partial charge in [-0.05, 0) is 11.6 Å². The molecule has 2 amide bonds. The van der Waals surface area contributed by atoms with Gasteiger partial charge in [0.1, 0.15) is 11.9 Å². The summed E-state index contributed by atoms with van der Waals surface area (Å²) in [7, 11) is 0. The Morgan fingerprint density at radius 1 is 1.42 bits per heavy atom. The average Bonchev–Trinajstić information content (AvgIpc) is 3.00. The predicted molar refractivity (Wildman–Crippen MR) is 72.4 cm³/mol. The molecule has 19 heavy (non-hydrogen) atoms. The van der Waals surface area contributed by atoms with Gasteiger partial charge >= 0.3 is 6.03 Å². The van der Waals surface area contributed by atoms with Gasteiger partial charge in [0.2, 0.25) is 0 Å². The number of benzene rings is 1. The van der Waals surface area contributed by atoms with E-state index in [4.69, 9.17) is 4.74 Å². The van der Waals surface area contributed by atoms with Gasteiger partial charge < -0.3 is 20.3 Å². The lowest BCUT2D eigenvalue weighted by Gasteiger charge is -2.16. The van der Waals surface area contributed by atoms with E-state index in [1.165, 1.54) is 5.56 Å². The summed E-state index contributed by atoms with van der Waals surface area (Å²) in [4.78, 5) is 13.2. The molecular weight excluding hydrogens is 242 g/mol. The predicted octanol–water partition coefficient (Wildman–Crippen LogP) is 0.605. The third-order valence-electron chi connectivity index (χ3n) is 3.59. The zero-order valence-electron chi connectivity index (χ0n) is 10.9. The van der Waals surface area contributed by atoms with Gasteiger partial charge in [0.25, 0.3) is 0 Å². The first-order valence-corrected chi connectivity index (χ1v) is 6.81. The molecule has 2 aliphatic heterocycles. The first-order chi connectivity index (χ1) is 9.33. The number of rotatable bonds is 5. The van der Waals surface area contributed by atoms with E-state index in [-0.39, 0.29) is 12.1 Å².